The van der Waals surface area contributed by atoms with E-state index in [9.17, 15) is 4.79 Å². The molecular weight excluding hydrogens is 196 g/mol. The van der Waals surface area contributed by atoms with Crippen LogP contribution in [0.1, 0.15) is 13.8 Å². The molecule has 1 fully saturated rings. The molecule has 1 amide bonds. The van der Waals surface area contributed by atoms with E-state index in [4.69, 9.17) is 14.7 Å². The smallest absolute Gasteiger partial charge is 0.239 e. The largest absolute Gasteiger partial charge is 0.376 e. The summed E-state index contributed by atoms with van der Waals surface area (Å²) in [6.07, 6.45) is -0.0998. The van der Waals surface area contributed by atoms with Crippen LogP contribution in [-0.2, 0) is 14.3 Å². The van der Waals surface area contributed by atoms with Crippen LogP contribution in [0.3, 0.4) is 0 Å². The Bertz CT molecular complexity index is 264. The van der Waals surface area contributed by atoms with Crippen LogP contribution in [0.4, 0.5) is 0 Å². The molecular formula is C10H16N2O3. The SMILES string of the molecule is CC(C)(C#N)C(=O)NCC1COCCO1. The number of nitriles is 1. The van der Waals surface area contributed by atoms with Crippen LogP contribution in [0.15, 0.2) is 0 Å². The third kappa shape index (κ3) is 3.50. The summed E-state index contributed by atoms with van der Waals surface area (Å²) in [4.78, 5) is 11.5. The van der Waals surface area contributed by atoms with E-state index in [0.717, 1.165) is 0 Å². The van der Waals surface area contributed by atoms with Gasteiger partial charge >= 0.3 is 0 Å². The van der Waals surface area contributed by atoms with Crippen LogP contribution < -0.4 is 5.32 Å². The molecule has 0 saturated carbocycles. The molecule has 0 aliphatic carbocycles. The molecule has 0 aromatic heterocycles. The van der Waals surface area contributed by atoms with Gasteiger partial charge in [0.05, 0.1) is 32.0 Å². The number of hydrogen-bond donors (Lipinski definition) is 1. The summed E-state index contributed by atoms with van der Waals surface area (Å²) in [5, 5.41) is 11.4. The predicted molar refractivity (Wildman–Crippen MR) is 53.0 cm³/mol. The van der Waals surface area contributed by atoms with E-state index in [-0.39, 0.29) is 12.0 Å². The van der Waals surface area contributed by atoms with Crippen molar-refractivity contribution in [3.05, 3.63) is 0 Å². The third-order valence-corrected chi connectivity index (χ3v) is 2.22. The van der Waals surface area contributed by atoms with Crippen molar-refractivity contribution in [3.63, 3.8) is 0 Å². The lowest BCUT2D eigenvalue weighted by atomic mass is 9.95. The van der Waals surface area contributed by atoms with E-state index in [1.165, 1.54) is 0 Å². The molecule has 0 spiro atoms. The fourth-order valence-corrected chi connectivity index (χ4v) is 1.13. The fourth-order valence-electron chi connectivity index (χ4n) is 1.13. The molecule has 1 saturated heterocycles. The Labute approximate surface area is 89.3 Å². The minimum absolute atomic E-state index is 0.0998. The molecule has 84 valence electrons. The van der Waals surface area contributed by atoms with Gasteiger partial charge in [-0.1, -0.05) is 0 Å². The summed E-state index contributed by atoms with van der Waals surface area (Å²) < 4.78 is 10.5. The van der Waals surface area contributed by atoms with E-state index in [1.54, 1.807) is 13.8 Å². The van der Waals surface area contributed by atoms with Crippen molar-refractivity contribution >= 4 is 5.91 Å². The molecule has 1 heterocycles. The van der Waals surface area contributed by atoms with E-state index < -0.39 is 5.41 Å². The van der Waals surface area contributed by atoms with Crippen molar-refractivity contribution in [2.45, 2.75) is 20.0 Å². The fraction of sp³-hybridized carbons (Fsp3) is 0.800. The number of carbonyl (C=O) groups is 1. The van der Waals surface area contributed by atoms with Crippen LogP contribution in [0, 0.1) is 16.7 Å². The first-order valence-electron chi connectivity index (χ1n) is 4.95. The van der Waals surface area contributed by atoms with Crippen molar-refractivity contribution < 1.29 is 14.3 Å². The van der Waals surface area contributed by atoms with Gasteiger partial charge < -0.3 is 14.8 Å². The average molecular weight is 212 g/mol. The summed E-state index contributed by atoms with van der Waals surface area (Å²) in [6.45, 7) is 5.22. The first kappa shape index (κ1) is 12.0. The quantitative estimate of drug-likeness (QED) is 0.718. The average Bonchev–Trinajstić information content (AvgIpc) is 2.27. The number of rotatable bonds is 3. The van der Waals surface area contributed by atoms with Crippen LogP contribution in [0.5, 0.6) is 0 Å². The topological polar surface area (TPSA) is 71.4 Å². The van der Waals surface area contributed by atoms with Gasteiger partial charge in [-0.15, -0.1) is 0 Å². The first-order valence-corrected chi connectivity index (χ1v) is 4.95. The molecule has 0 bridgehead atoms. The Kier molecular flexibility index (Phi) is 4.06. The Morgan fingerprint density at radius 1 is 1.60 bits per heavy atom. The zero-order chi connectivity index (χ0) is 11.3. The molecule has 1 aliphatic heterocycles. The molecule has 5 nitrogen and oxygen atoms in total. The number of hydrogen-bond acceptors (Lipinski definition) is 4. The number of nitrogens with one attached hydrogen (secondary N) is 1. The highest BCUT2D eigenvalue weighted by Crippen LogP contribution is 2.12. The minimum atomic E-state index is -0.991. The molecule has 5 heteroatoms. The van der Waals surface area contributed by atoms with E-state index in [0.29, 0.717) is 26.4 Å². The Morgan fingerprint density at radius 3 is 2.87 bits per heavy atom. The summed E-state index contributed by atoms with van der Waals surface area (Å²) in [5.74, 6) is -0.279. The summed E-state index contributed by atoms with van der Waals surface area (Å²) in [7, 11) is 0. The molecule has 0 radical (unpaired) electrons. The number of amides is 1. The highest BCUT2D eigenvalue weighted by molar-refractivity contribution is 5.84. The van der Waals surface area contributed by atoms with Crippen molar-refractivity contribution in [1.29, 1.82) is 5.26 Å². The second kappa shape index (κ2) is 5.10. The maximum absolute atomic E-state index is 11.5. The van der Waals surface area contributed by atoms with Gasteiger partial charge in [0.1, 0.15) is 5.41 Å². The Morgan fingerprint density at radius 2 is 2.33 bits per heavy atom. The monoisotopic (exact) mass is 212 g/mol. The highest BCUT2D eigenvalue weighted by atomic mass is 16.6. The zero-order valence-electron chi connectivity index (χ0n) is 9.08. The van der Waals surface area contributed by atoms with E-state index in [1.807, 2.05) is 6.07 Å². The minimum Gasteiger partial charge on any atom is -0.376 e. The lowest BCUT2D eigenvalue weighted by Gasteiger charge is -2.24. The second-order valence-corrected chi connectivity index (χ2v) is 4.01. The molecule has 0 aromatic rings. The van der Waals surface area contributed by atoms with Crippen molar-refractivity contribution in [1.82, 2.24) is 5.32 Å². The highest BCUT2D eigenvalue weighted by Gasteiger charge is 2.27. The number of ether oxygens (including phenoxy) is 2. The van der Waals surface area contributed by atoms with Crippen LogP contribution >= 0.6 is 0 Å². The van der Waals surface area contributed by atoms with Crippen molar-refractivity contribution in [2.75, 3.05) is 26.4 Å². The maximum atomic E-state index is 11.5. The third-order valence-electron chi connectivity index (χ3n) is 2.22. The number of nitrogens with zero attached hydrogens (tertiary/aromatic N) is 1. The van der Waals surface area contributed by atoms with Crippen molar-refractivity contribution in [3.8, 4) is 6.07 Å². The summed E-state index contributed by atoms with van der Waals surface area (Å²) >= 11 is 0. The maximum Gasteiger partial charge on any atom is 0.239 e. The lowest BCUT2D eigenvalue weighted by molar-refractivity contribution is -0.129. The molecule has 1 N–H and O–H groups in total. The van der Waals surface area contributed by atoms with E-state index in [2.05, 4.69) is 5.32 Å². The van der Waals surface area contributed by atoms with Crippen LogP contribution in [0.25, 0.3) is 0 Å². The molecule has 1 atom stereocenters. The van der Waals surface area contributed by atoms with Gasteiger partial charge in [0, 0.05) is 6.54 Å². The molecule has 15 heavy (non-hydrogen) atoms. The van der Waals surface area contributed by atoms with Gasteiger partial charge in [0.2, 0.25) is 5.91 Å². The summed E-state index contributed by atoms with van der Waals surface area (Å²) in [6, 6.07) is 1.94. The standard InChI is InChI=1S/C10H16N2O3/c1-10(2,7-11)9(13)12-5-8-6-14-3-4-15-8/h8H,3-6H2,1-2H3,(H,12,13). The van der Waals surface area contributed by atoms with Gasteiger partial charge in [-0.05, 0) is 13.8 Å². The Balaban J connectivity index is 2.30. The normalized spacial score (nSPS) is 21.8. The molecule has 0 aromatic carbocycles. The molecule has 1 unspecified atom stereocenters. The molecule has 1 rings (SSSR count). The van der Waals surface area contributed by atoms with Crippen LogP contribution in [-0.4, -0.2) is 38.4 Å². The lowest BCUT2D eigenvalue weighted by Crippen LogP contribution is -2.43. The van der Waals surface area contributed by atoms with Gasteiger partial charge in [-0.2, -0.15) is 5.26 Å². The first-order chi connectivity index (χ1) is 7.06. The Hall–Kier alpha value is -1.12. The van der Waals surface area contributed by atoms with Crippen molar-refractivity contribution in [2.24, 2.45) is 5.41 Å². The van der Waals surface area contributed by atoms with Gasteiger partial charge in [0.25, 0.3) is 0 Å². The number of carbonyl (C=O) groups excluding carboxylic acids is 1. The summed E-state index contributed by atoms with van der Waals surface area (Å²) in [5.41, 5.74) is -0.991. The zero-order valence-corrected chi connectivity index (χ0v) is 9.08. The van der Waals surface area contributed by atoms with Gasteiger partial charge in [-0.25, -0.2) is 0 Å². The second-order valence-electron chi connectivity index (χ2n) is 4.01. The van der Waals surface area contributed by atoms with Crippen LogP contribution in [0.2, 0.25) is 0 Å². The van der Waals surface area contributed by atoms with Gasteiger partial charge in [0.15, 0.2) is 0 Å². The predicted octanol–water partition coefficient (Wildman–Crippen LogP) is 0.0678. The molecule has 1 aliphatic rings. The van der Waals surface area contributed by atoms with Gasteiger partial charge in [-0.3, -0.25) is 4.79 Å². The van der Waals surface area contributed by atoms with E-state index >= 15 is 0 Å².